The molecule has 0 radical (unpaired) electrons. The van der Waals surface area contributed by atoms with Gasteiger partial charge >= 0.3 is 0 Å². The van der Waals surface area contributed by atoms with E-state index in [9.17, 15) is 0 Å². The average Bonchev–Trinajstić information content (AvgIpc) is 2.61. The minimum Gasteiger partial charge on any atom is -0.361 e. The molecule has 1 aromatic rings. The Kier molecular flexibility index (Phi) is 4.99. The molecule has 1 fully saturated rings. The van der Waals surface area contributed by atoms with Crippen LogP contribution < -0.4 is 5.32 Å². The Bertz CT molecular complexity index is 383. The zero-order valence-corrected chi connectivity index (χ0v) is 12.7. The third-order valence-electron chi connectivity index (χ3n) is 4.20. The van der Waals surface area contributed by atoms with Gasteiger partial charge in [0.2, 0.25) is 0 Å². The molecule has 4 nitrogen and oxygen atoms in total. The van der Waals surface area contributed by atoms with E-state index >= 15 is 0 Å². The first-order valence-corrected chi connectivity index (χ1v) is 7.53. The van der Waals surface area contributed by atoms with Gasteiger partial charge in [0.15, 0.2) is 0 Å². The minimum absolute atomic E-state index is 0.394. The highest BCUT2D eigenvalue weighted by Gasteiger charge is 2.25. The van der Waals surface area contributed by atoms with Crippen LogP contribution in [-0.4, -0.2) is 35.7 Å². The van der Waals surface area contributed by atoms with Crippen molar-refractivity contribution < 1.29 is 4.52 Å². The lowest BCUT2D eigenvalue weighted by atomic mass is 10.0. The largest absolute Gasteiger partial charge is 0.361 e. The molecule has 4 heteroatoms. The van der Waals surface area contributed by atoms with Gasteiger partial charge in [-0.3, -0.25) is 4.90 Å². The molecule has 0 saturated carbocycles. The SMILES string of the molecule is CCCC1CN(C(C)c2c(C)noc2C)CCCN1. The number of nitrogens with one attached hydrogen (secondary N) is 1. The van der Waals surface area contributed by atoms with Crippen LogP contribution in [0, 0.1) is 13.8 Å². The van der Waals surface area contributed by atoms with Gasteiger partial charge in [0, 0.05) is 30.7 Å². The van der Waals surface area contributed by atoms with Crippen molar-refractivity contribution in [3.05, 3.63) is 17.0 Å². The normalized spacial score (nSPS) is 23.3. The summed E-state index contributed by atoms with van der Waals surface area (Å²) in [5.74, 6) is 0.967. The number of aryl methyl sites for hydroxylation is 2. The highest BCUT2D eigenvalue weighted by molar-refractivity contribution is 5.24. The van der Waals surface area contributed by atoms with Gasteiger partial charge in [0.25, 0.3) is 0 Å². The summed E-state index contributed by atoms with van der Waals surface area (Å²) in [6, 6.07) is 1.01. The highest BCUT2D eigenvalue weighted by Crippen LogP contribution is 2.27. The molecule has 19 heavy (non-hydrogen) atoms. The molecule has 0 bridgehead atoms. The number of hydrogen-bond acceptors (Lipinski definition) is 4. The summed E-state index contributed by atoms with van der Waals surface area (Å²) in [7, 11) is 0. The molecule has 2 unspecified atom stereocenters. The summed E-state index contributed by atoms with van der Waals surface area (Å²) < 4.78 is 5.32. The van der Waals surface area contributed by atoms with Crippen LogP contribution >= 0.6 is 0 Å². The summed E-state index contributed by atoms with van der Waals surface area (Å²) in [5.41, 5.74) is 2.31. The van der Waals surface area contributed by atoms with Crippen molar-refractivity contribution in [1.29, 1.82) is 0 Å². The molecule has 2 rings (SSSR count). The topological polar surface area (TPSA) is 41.3 Å². The van der Waals surface area contributed by atoms with Crippen LogP contribution in [0.2, 0.25) is 0 Å². The van der Waals surface area contributed by atoms with Crippen molar-refractivity contribution >= 4 is 0 Å². The van der Waals surface area contributed by atoms with Crippen LogP contribution in [0.5, 0.6) is 0 Å². The molecule has 108 valence electrons. The van der Waals surface area contributed by atoms with E-state index in [4.69, 9.17) is 4.52 Å². The second-order valence-corrected chi connectivity index (χ2v) is 5.70. The van der Waals surface area contributed by atoms with E-state index in [0.29, 0.717) is 12.1 Å². The molecule has 1 N–H and O–H groups in total. The summed E-state index contributed by atoms with van der Waals surface area (Å²) in [5, 5.41) is 7.75. The maximum Gasteiger partial charge on any atom is 0.138 e. The molecule has 0 amide bonds. The fraction of sp³-hybridized carbons (Fsp3) is 0.800. The lowest BCUT2D eigenvalue weighted by molar-refractivity contribution is 0.201. The molecular formula is C15H27N3O. The average molecular weight is 265 g/mol. The molecule has 2 heterocycles. The van der Waals surface area contributed by atoms with Crippen LogP contribution in [0.25, 0.3) is 0 Å². The van der Waals surface area contributed by atoms with Crippen LogP contribution in [0.15, 0.2) is 4.52 Å². The van der Waals surface area contributed by atoms with E-state index in [1.165, 1.54) is 24.8 Å². The molecule has 0 aromatic carbocycles. The zero-order chi connectivity index (χ0) is 13.8. The van der Waals surface area contributed by atoms with Gasteiger partial charge in [-0.1, -0.05) is 18.5 Å². The molecular weight excluding hydrogens is 238 g/mol. The van der Waals surface area contributed by atoms with Crippen LogP contribution in [0.3, 0.4) is 0 Å². The van der Waals surface area contributed by atoms with Crippen LogP contribution in [0.1, 0.15) is 56.2 Å². The Morgan fingerprint density at radius 1 is 1.47 bits per heavy atom. The van der Waals surface area contributed by atoms with Crippen molar-refractivity contribution in [2.24, 2.45) is 0 Å². The van der Waals surface area contributed by atoms with Crippen LogP contribution in [0.4, 0.5) is 0 Å². The Morgan fingerprint density at radius 2 is 2.26 bits per heavy atom. The smallest absolute Gasteiger partial charge is 0.138 e. The lowest BCUT2D eigenvalue weighted by Gasteiger charge is -2.30. The van der Waals surface area contributed by atoms with Crippen molar-refractivity contribution in [2.45, 2.75) is 59.0 Å². The van der Waals surface area contributed by atoms with Crippen molar-refractivity contribution in [1.82, 2.24) is 15.4 Å². The molecule has 0 spiro atoms. The lowest BCUT2D eigenvalue weighted by Crippen LogP contribution is -2.38. The van der Waals surface area contributed by atoms with Gasteiger partial charge in [-0.25, -0.2) is 0 Å². The van der Waals surface area contributed by atoms with Gasteiger partial charge in [-0.15, -0.1) is 0 Å². The Labute approximate surface area is 116 Å². The second kappa shape index (κ2) is 6.53. The van der Waals surface area contributed by atoms with Crippen LogP contribution in [-0.2, 0) is 0 Å². The van der Waals surface area contributed by atoms with E-state index in [1.54, 1.807) is 0 Å². The van der Waals surface area contributed by atoms with Crippen molar-refractivity contribution in [3.8, 4) is 0 Å². The fourth-order valence-corrected chi connectivity index (χ4v) is 3.19. The molecule has 0 aliphatic carbocycles. The van der Waals surface area contributed by atoms with E-state index in [2.05, 4.69) is 29.2 Å². The van der Waals surface area contributed by atoms with Gasteiger partial charge in [-0.2, -0.15) is 0 Å². The second-order valence-electron chi connectivity index (χ2n) is 5.70. The van der Waals surface area contributed by atoms with Gasteiger partial charge in [0.05, 0.1) is 5.69 Å². The maximum atomic E-state index is 5.32. The van der Waals surface area contributed by atoms with E-state index in [0.717, 1.165) is 31.1 Å². The van der Waals surface area contributed by atoms with E-state index in [1.807, 2.05) is 13.8 Å². The number of rotatable bonds is 4. The Morgan fingerprint density at radius 3 is 2.89 bits per heavy atom. The zero-order valence-electron chi connectivity index (χ0n) is 12.7. The predicted octanol–water partition coefficient (Wildman–Crippen LogP) is 2.82. The van der Waals surface area contributed by atoms with E-state index < -0.39 is 0 Å². The Hall–Kier alpha value is -0.870. The number of hydrogen-bond donors (Lipinski definition) is 1. The molecule has 1 aliphatic heterocycles. The summed E-state index contributed by atoms with van der Waals surface area (Å²) in [6.07, 6.45) is 3.71. The van der Waals surface area contributed by atoms with Crippen molar-refractivity contribution in [2.75, 3.05) is 19.6 Å². The first kappa shape index (κ1) is 14.5. The highest BCUT2D eigenvalue weighted by atomic mass is 16.5. The van der Waals surface area contributed by atoms with Gasteiger partial charge in [0.1, 0.15) is 5.76 Å². The third kappa shape index (κ3) is 3.37. The maximum absolute atomic E-state index is 5.32. The summed E-state index contributed by atoms with van der Waals surface area (Å²) in [6.45, 7) is 12.0. The summed E-state index contributed by atoms with van der Waals surface area (Å²) >= 11 is 0. The fourth-order valence-electron chi connectivity index (χ4n) is 3.19. The Balaban J connectivity index is 2.10. The quantitative estimate of drug-likeness (QED) is 0.909. The predicted molar refractivity (Wildman–Crippen MR) is 77.3 cm³/mol. The standard InChI is InChI=1S/C15H27N3O/c1-5-7-14-10-18(9-6-8-16-14)12(3)15-11(2)17-19-13(15)4/h12,14,16H,5-10H2,1-4H3. The van der Waals surface area contributed by atoms with E-state index in [-0.39, 0.29) is 0 Å². The first-order valence-electron chi connectivity index (χ1n) is 7.53. The molecule has 1 aliphatic rings. The van der Waals surface area contributed by atoms with Gasteiger partial charge < -0.3 is 9.84 Å². The monoisotopic (exact) mass is 265 g/mol. The van der Waals surface area contributed by atoms with Gasteiger partial charge in [-0.05, 0) is 40.2 Å². The first-order chi connectivity index (χ1) is 9.13. The molecule has 1 aromatic heterocycles. The molecule has 1 saturated heterocycles. The summed E-state index contributed by atoms with van der Waals surface area (Å²) in [4.78, 5) is 2.58. The number of aromatic nitrogens is 1. The van der Waals surface area contributed by atoms with Crippen molar-refractivity contribution in [3.63, 3.8) is 0 Å². The molecule has 2 atom stereocenters. The number of nitrogens with zero attached hydrogens (tertiary/aromatic N) is 2. The minimum atomic E-state index is 0.394. The third-order valence-corrected chi connectivity index (χ3v) is 4.20.